The van der Waals surface area contributed by atoms with Gasteiger partial charge in [0.25, 0.3) is 0 Å². The van der Waals surface area contributed by atoms with Crippen molar-refractivity contribution in [2.45, 2.75) is 12.8 Å². The third-order valence-electron chi connectivity index (χ3n) is 2.81. The zero-order valence-corrected chi connectivity index (χ0v) is 6.93. The van der Waals surface area contributed by atoms with E-state index in [4.69, 9.17) is 0 Å². The Labute approximate surface area is 72.3 Å². The molecule has 3 rings (SSSR count). The fourth-order valence-corrected chi connectivity index (χ4v) is 2.24. The van der Waals surface area contributed by atoms with Gasteiger partial charge in [-0.05, 0) is 40.7 Å². The summed E-state index contributed by atoms with van der Waals surface area (Å²) in [5, 5.41) is 0. The summed E-state index contributed by atoms with van der Waals surface area (Å²) in [4.78, 5) is 0. The highest BCUT2D eigenvalue weighted by Crippen LogP contribution is 2.45. The lowest BCUT2D eigenvalue weighted by molar-refractivity contribution is 1.19. The Balaban J connectivity index is 2.33. The van der Waals surface area contributed by atoms with Crippen molar-refractivity contribution in [2.24, 2.45) is 0 Å². The van der Waals surface area contributed by atoms with Crippen LogP contribution in [0.4, 0.5) is 0 Å². The second kappa shape index (κ2) is 1.89. The van der Waals surface area contributed by atoms with Crippen molar-refractivity contribution in [3.63, 3.8) is 0 Å². The smallest absolute Gasteiger partial charge is 0.00134 e. The highest BCUT2D eigenvalue weighted by atomic mass is 14.3. The van der Waals surface area contributed by atoms with E-state index in [0.29, 0.717) is 0 Å². The molecule has 0 amide bonds. The lowest BCUT2D eigenvalue weighted by Gasteiger charge is -2.15. The Morgan fingerprint density at radius 3 is 2.75 bits per heavy atom. The van der Waals surface area contributed by atoms with Crippen LogP contribution in [-0.2, 0) is 0 Å². The van der Waals surface area contributed by atoms with Gasteiger partial charge in [0.05, 0.1) is 0 Å². The Bertz CT molecular complexity index is 398. The Kier molecular flexibility index (Phi) is 0.984. The van der Waals surface area contributed by atoms with E-state index >= 15 is 0 Å². The van der Waals surface area contributed by atoms with Gasteiger partial charge in [0.15, 0.2) is 0 Å². The van der Waals surface area contributed by atoms with Gasteiger partial charge in [-0.1, -0.05) is 30.9 Å². The molecule has 2 bridgehead atoms. The molecule has 0 spiro atoms. The third kappa shape index (κ3) is 0.585. The molecule has 0 aromatic heterocycles. The Morgan fingerprint density at radius 2 is 1.92 bits per heavy atom. The van der Waals surface area contributed by atoms with Crippen molar-refractivity contribution in [3.05, 3.63) is 58.7 Å². The van der Waals surface area contributed by atoms with Crippen molar-refractivity contribution < 1.29 is 0 Å². The van der Waals surface area contributed by atoms with E-state index in [0.717, 1.165) is 12.8 Å². The van der Waals surface area contributed by atoms with Gasteiger partial charge in [-0.25, -0.2) is 0 Å². The third-order valence-corrected chi connectivity index (χ3v) is 2.81. The van der Waals surface area contributed by atoms with Crippen molar-refractivity contribution in [1.29, 1.82) is 0 Å². The van der Waals surface area contributed by atoms with Crippen LogP contribution in [0.1, 0.15) is 12.8 Å². The van der Waals surface area contributed by atoms with E-state index in [1.54, 1.807) is 0 Å². The van der Waals surface area contributed by atoms with Crippen LogP contribution in [0, 0.1) is 0 Å². The summed E-state index contributed by atoms with van der Waals surface area (Å²) < 4.78 is 0. The summed E-state index contributed by atoms with van der Waals surface area (Å²) in [6, 6.07) is 0. The molecule has 12 heavy (non-hydrogen) atoms. The van der Waals surface area contributed by atoms with E-state index < -0.39 is 0 Å². The van der Waals surface area contributed by atoms with Crippen LogP contribution in [0.15, 0.2) is 58.7 Å². The molecule has 0 aromatic rings. The van der Waals surface area contributed by atoms with Crippen LogP contribution in [0.2, 0.25) is 0 Å². The standard InChI is InChI=1S/C12H10/c1-8-3-2-4-11-9-5-6-10(7-9)12(8)11/h2,4-6H,1,3,7H2. The van der Waals surface area contributed by atoms with Crippen molar-refractivity contribution >= 4 is 0 Å². The molecule has 0 fully saturated rings. The average Bonchev–Trinajstić information content (AvgIpc) is 2.64. The molecule has 3 aliphatic rings. The van der Waals surface area contributed by atoms with Crippen LogP contribution >= 0.6 is 0 Å². The van der Waals surface area contributed by atoms with Crippen LogP contribution < -0.4 is 0 Å². The maximum absolute atomic E-state index is 4.10. The second-order valence-electron chi connectivity index (χ2n) is 3.56. The van der Waals surface area contributed by atoms with E-state index in [1.165, 1.54) is 27.9 Å². The molecule has 0 nitrogen and oxygen atoms in total. The maximum Gasteiger partial charge on any atom is -0.00134 e. The number of fused-ring (bicyclic) bond motifs is 3. The highest BCUT2D eigenvalue weighted by molar-refractivity contribution is 5.70. The molecule has 0 aliphatic heterocycles. The van der Waals surface area contributed by atoms with E-state index in [9.17, 15) is 0 Å². The SMILES string of the molecule is C=C1CC=CC2=C3C=CC(=C12)C3. The van der Waals surface area contributed by atoms with Crippen molar-refractivity contribution in [1.82, 2.24) is 0 Å². The molecule has 0 atom stereocenters. The molecular weight excluding hydrogens is 144 g/mol. The van der Waals surface area contributed by atoms with Crippen LogP contribution in [0.25, 0.3) is 0 Å². The molecule has 0 saturated carbocycles. The van der Waals surface area contributed by atoms with E-state index in [-0.39, 0.29) is 0 Å². The first-order valence-corrected chi connectivity index (χ1v) is 4.36. The predicted octanol–water partition coefficient (Wildman–Crippen LogP) is 3.07. The number of hydrogen-bond donors (Lipinski definition) is 0. The van der Waals surface area contributed by atoms with Crippen molar-refractivity contribution in [3.8, 4) is 0 Å². The number of rotatable bonds is 0. The quantitative estimate of drug-likeness (QED) is 0.503. The predicted molar refractivity (Wildman–Crippen MR) is 50.7 cm³/mol. The molecule has 0 radical (unpaired) electrons. The van der Waals surface area contributed by atoms with Crippen LogP contribution in [0.3, 0.4) is 0 Å². The molecule has 58 valence electrons. The van der Waals surface area contributed by atoms with E-state index in [2.05, 4.69) is 30.9 Å². The van der Waals surface area contributed by atoms with Gasteiger partial charge in [-0.15, -0.1) is 0 Å². The Morgan fingerprint density at radius 1 is 1.08 bits per heavy atom. The molecular formula is C12H10. The summed E-state index contributed by atoms with van der Waals surface area (Å²) >= 11 is 0. The first kappa shape index (κ1) is 6.24. The maximum atomic E-state index is 4.10. The van der Waals surface area contributed by atoms with Gasteiger partial charge in [0.2, 0.25) is 0 Å². The summed E-state index contributed by atoms with van der Waals surface area (Å²) in [7, 11) is 0. The lowest BCUT2D eigenvalue weighted by Crippen LogP contribution is -1.97. The second-order valence-corrected chi connectivity index (χ2v) is 3.56. The van der Waals surface area contributed by atoms with Crippen LogP contribution in [-0.4, -0.2) is 0 Å². The van der Waals surface area contributed by atoms with Gasteiger partial charge >= 0.3 is 0 Å². The fraction of sp³-hybridized carbons (Fsp3) is 0.167. The average molecular weight is 154 g/mol. The van der Waals surface area contributed by atoms with Crippen molar-refractivity contribution in [2.75, 3.05) is 0 Å². The summed E-state index contributed by atoms with van der Waals surface area (Å²) in [5.74, 6) is 0. The minimum Gasteiger partial charge on any atom is -0.0949 e. The molecule has 0 heteroatoms. The first-order valence-electron chi connectivity index (χ1n) is 4.36. The van der Waals surface area contributed by atoms with E-state index in [1.807, 2.05) is 0 Å². The fourth-order valence-electron chi connectivity index (χ4n) is 2.24. The molecule has 0 aromatic carbocycles. The van der Waals surface area contributed by atoms with Gasteiger partial charge < -0.3 is 0 Å². The normalized spacial score (nSPS) is 24.5. The highest BCUT2D eigenvalue weighted by Gasteiger charge is 2.26. The lowest BCUT2D eigenvalue weighted by atomic mass is 9.89. The Hall–Kier alpha value is -1.30. The number of allylic oxidation sites excluding steroid dienone is 9. The molecule has 0 unspecified atom stereocenters. The zero-order valence-electron chi connectivity index (χ0n) is 6.93. The molecule has 0 N–H and O–H groups in total. The zero-order chi connectivity index (χ0) is 8.13. The summed E-state index contributed by atoms with van der Waals surface area (Å²) in [5.41, 5.74) is 7.13. The van der Waals surface area contributed by atoms with Gasteiger partial charge in [0, 0.05) is 0 Å². The topological polar surface area (TPSA) is 0 Å². The van der Waals surface area contributed by atoms with Gasteiger partial charge in [0.1, 0.15) is 0 Å². The number of hydrogen-bond acceptors (Lipinski definition) is 0. The molecule has 3 aliphatic carbocycles. The molecule has 0 saturated heterocycles. The molecule has 0 heterocycles. The largest absolute Gasteiger partial charge is 0.0949 e. The van der Waals surface area contributed by atoms with Gasteiger partial charge in [-0.2, -0.15) is 0 Å². The minimum absolute atomic E-state index is 1.03. The van der Waals surface area contributed by atoms with Gasteiger partial charge in [-0.3, -0.25) is 0 Å². The first-order chi connectivity index (χ1) is 5.86. The summed E-state index contributed by atoms with van der Waals surface area (Å²) in [6.45, 7) is 4.10. The summed E-state index contributed by atoms with van der Waals surface area (Å²) in [6.07, 6.45) is 11.1. The monoisotopic (exact) mass is 154 g/mol. The minimum atomic E-state index is 1.03. The van der Waals surface area contributed by atoms with Crippen LogP contribution in [0.5, 0.6) is 0 Å².